The van der Waals surface area contributed by atoms with Crippen LogP contribution in [0.15, 0.2) is 0 Å². The number of nitrogens with one attached hydrogen (secondary N) is 2. The minimum absolute atomic E-state index is 0.103. The maximum atomic E-state index is 12.0. The van der Waals surface area contributed by atoms with E-state index in [4.69, 9.17) is 0 Å². The summed E-state index contributed by atoms with van der Waals surface area (Å²) >= 11 is 0. The fourth-order valence-electron chi connectivity index (χ4n) is 1.83. The number of aliphatic hydroxyl groups is 1. The Hall–Kier alpha value is -0.210. The summed E-state index contributed by atoms with van der Waals surface area (Å²) in [6.45, 7) is 6.60. The van der Waals surface area contributed by atoms with E-state index in [9.17, 15) is 13.5 Å². The first kappa shape index (κ1) is 14.8. The highest BCUT2D eigenvalue weighted by molar-refractivity contribution is 7.87. The minimum Gasteiger partial charge on any atom is -0.387 e. The van der Waals surface area contributed by atoms with E-state index in [0.29, 0.717) is 13.0 Å². The van der Waals surface area contributed by atoms with Gasteiger partial charge in [-0.3, -0.25) is 0 Å². The van der Waals surface area contributed by atoms with E-state index in [1.54, 1.807) is 20.8 Å². The summed E-state index contributed by atoms with van der Waals surface area (Å²) in [5.41, 5.74) is -1.48. The summed E-state index contributed by atoms with van der Waals surface area (Å²) in [5.74, 6) is 0. The van der Waals surface area contributed by atoms with Gasteiger partial charge in [-0.2, -0.15) is 17.4 Å². The highest BCUT2D eigenvalue weighted by Crippen LogP contribution is 2.17. The zero-order chi connectivity index (χ0) is 13.3. The van der Waals surface area contributed by atoms with E-state index in [-0.39, 0.29) is 6.54 Å². The fourth-order valence-corrected chi connectivity index (χ4v) is 3.17. The third-order valence-electron chi connectivity index (χ3n) is 2.58. The highest BCUT2D eigenvalue weighted by atomic mass is 32.2. The standard InChI is InChI=1S/C10H23N3O3S/c1-9(2,3)12-17(15,16)13(4)8-10(14)5-6-11-7-10/h11-12,14H,5-8H2,1-4H3. The number of hydrogen-bond acceptors (Lipinski definition) is 4. The molecule has 1 fully saturated rings. The van der Waals surface area contributed by atoms with Gasteiger partial charge in [0.1, 0.15) is 0 Å². The first-order chi connectivity index (χ1) is 7.54. The predicted octanol–water partition coefficient (Wildman–Crippen LogP) is -0.724. The lowest BCUT2D eigenvalue weighted by Gasteiger charge is -2.30. The molecule has 0 aromatic carbocycles. The minimum atomic E-state index is -3.55. The molecule has 0 aromatic heterocycles. The lowest BCUT2D eigenvalue weighted by Crippen LogP contribution is -2.52. The van der Waals surface area contributed by atoms with Gasteiger partial charge in [0, 0.05) is 25.7 Å². The number of β-amino-alcohol motifs (C(OH)–C–C–N with tert-alkyl or cyclic N) is 1. The van der Waals surface area contributed by atoms with E-state index in [0.717, 1.165) is 6.54 Å². The molecule has 3 N–H and O–H groups in total. The van der Waals surface area contributed by atoms with Gasteiger partial charge >= 0.3 is 0 Å². The van der Waals surface area contributed by atoms with Crippen LogP contribution in [0, 0.1) is 0 Å². The summed E-state index contributed by atoms with van der Waals surface area (Å²) < 4.78 is 27.6. The second-order valence-electron chi connectivity index (χ2n) is 5.76. The van der Waals surface area contributed by atoms with E-state index in [1.165, 1.54) is 11.4 Å². The third kappa shape index (κ3) is 4.51. The smallest absolute Gasteiger partial charge is 0.279 e. The molecule has 102 valence electrons. The summed E-state index contributed by atoms with van der Waals surface area (Å²) in [4.78, 5) is 0. The highest BCUT2D eigenvalue weighted by Gasteiger charge is 2.36. The largest absolute Gasteiger partial charge is 0.387 e. The molecule has 0 saturated carbocycles. The summed E-state index contributed by atoms with van der Waals surface area (Å²) in [6.07, 6.45) is 0.572. The number of likely N-dealkylation sites (N-methyl/N-ethyl adjacent to an activating group) is 1. The van der Waals surface area contributed by atoms with Crippen molar-refractivity contribution in [3.63, 3.8) is 0 Å². The van der Waals surface area contributed by atoms with Gasteiger partial charge in [0.2, 0.25) is 0 Å². The average Bonchev–Trinajstić information content (AvgIpc) is 2.47. The molecular weight excluding hydrogens is 242 g/mol. The zero-order valence-electron chi connectivity index (χ0n) is 10.9. The molecular formula is C10H23N3O3S. The van der Waals surface area contributed by atoms with E-state index < -0.39 is 21.3 Å². The van der Waals surface area contributed by atoms with Crippen LogP contribution in [-0.4, -0.2) is 55.7 Å². The van der Waals surface area contributed by atoms with Crippen molar-refractivity contribution in [1.82, 2.24) is 14.3 Å². The van der Waals surface area contributed by atoms with Gasteiger partial charge in [-0.15, -0.1) is 0 Å². The Morgan fingerprint density at radius 3 is 2.47 bits per heavy atom. The molecule has 1 saturated heterocycles. The molecule has 0 aliphatic carbocycles. The van der Waals surface area contributed by atoms with Crippen LogP contribution >= 0.6 is 0 Å². The summed E-state index contributed by atoms with van der Waals surface area (Å²) in [5, 5.41) is 13.2. The fraction of sp³-hybridized carbons (Fsp3) is 1.00. The Kier molecular flexibility index (Phi) is 4.20. The van der Waals surface area contributed by atoms with Crippen molar-refractivity contribution in [2.24, 2.45) is 0 Å². The van der Waals surface area contributed by atoms with E-state index >= 15 is 0 Å². The van der Waals surface area contributed by atoms with Crippen molar-refractivity contribution in [2.75, 3.05) is 26.7 Å². The Labute approximate surface area is 104 Å². The zero-order valence-corrected chi connectivity index (χ0v) is 11.8. The van der Waals surface area contributed by atoms with Crippen molar-refractivity contribution in [3.05, 3.63) is 0 Å². The quantitative estimate of drug-likeness (QED) is 0.626. The number of hydrogen-bond donors (Lipinski definition) is 3. The monoisotopic (exact) mass is 265 g/mol. The molecule has 6 nitrogen and oxygen atoms in total. The van der Waals surface area contributed by atoms with Crippen LogP contribution in [-0.2, 0) is 10.2 Å². The van der Waals surface area contributed by atoms with Crippen LogP contribution in [0.2, 0.25) is 0 Å². The molecule has 1 heterocycles. The number of nitrogens with zero attached hydrogens (tertiary/aromatic N) is 1. The lowest BCUT2D eigenvalue weighted by molar-refractivity contribution is 0.0458. The maximum absolute atomic E-state index is 12.0. The second kappa shape index (κ2) is 4.81. The molecule has 0 radical (unpaired) electrons. The molecule has 17 heavy (non-hydrogen) atoms. The molecule has 0 spiro atoms. The Bertz CT molecular complexity index is 355. The molecule has 1 rings (SSSR count). The summed E-state index contributed by atoms with van der Waals surface area (Å²) in [6, 6.07) is 0. The van der Waals surface area contributed by atoms with Gasteiger partial charge in [-0.05, 0) is 33.7 Å². The topological polar surface area (TPSA) is 81.7 Å². The van der Waals surface area contributed by atoms with Crippen molar-refractivity contribution >= 4 is 10.2 Å². The lowest BCUT2D eigenvalue weighted by atomic mass is 10.0. The molecule has 1 aliphatic rings. The van der Waals surface area contributed by atoms with Crippen LogP contribution in [0.25, 0.3) is 0 Å². The van der Waals surface area contributed by atoms with Crippen molar-refractivity contribution in [2.45, 2.75) is 38.3 Å². The normalized spacial score (nSPS) is 26.7. The van der Waals surface area contributed by atoms with Crippen molar-refractivity contribution in [1.29, 1.82) is 0 Å². The second-order valence-corrected chi connectivity index (χ2v) is 7.54. The van der Waals surface area contributed by atoms with Crippen LogP contribution < -0.4 is 10.0 Å². The predicted molar refractivity (Wildman–Crippen MR) is 66.9 cm³/mol. The molecule has 0 bridgehead atoms. The molecule has 1 unspecified atom stereocenters. The molecule has 1 atom stereocenters. The maximum Gasteiger partial charge on any atom is 0.279 e. The van der Waals surface area contributed by atoms with Gasteiger partial charge < -0.3 is 10.4 Å². The molecule has 0 aromatic rings. The number of rotatable bonds is 4. The molecule has 7 heteroatoms. The first-order valence-electron chi connectivity index (χ1n) is 5.72. The summed E-state index contributed by atoms with van der Waals surface area (Å²) in [7, 11) is -2.07. The average molecular weight is 265 g/mol. The van der Waals surface area contributed by atoms with Gasteiger partial charge in [0.15, 0.2) is 0 Å². The van der Waals surface area contributed by atoms with Gasteiger partial charge in [0.25, 0.3) is 10.2 Å². The van der Waals surface area contributed by atoms with E-state index in [1.807, 2.05) is 0 Å². The van der Waals surface area contributed by atoms with Crippen molar-refractivity contribution in [3.8, 4) is 0 Å². The van der Waals surface area contributed by atoms with Crippen LogP contribution in [0.1, 0.15) is 27.2 Å². The van der Waals surface area contributed by atoms with Crippen LogP contribution in [0.5, 0.6) is 0 Å². The van der Waals surface area contributed by atoms with Crippen LogP contribution in [0.3, 0.4) is 0 Å². The Morgan fingerprint density at radius 2 is 2.06 bits per heavy atom. The van der Waals surface area contributed by atoms with Gasteiger partial charge in [-0.25, -0.2) is 0 Å². The van der Waals surface area contributed by atoms with Crippen LogP contribution in [0.4, 0.5) is 0 Å². The Balaban J connectivity index is 2.66. The van der Waals surface area contributed by atoms with Crippen molar-refractivity contribution < 1.29 is 13.5 Å². The SMILES string of the molecule is CN(CC1(O)CCNC1)S(=O)(=O)NC(C)(C)C. The third-order valence-corrected chi connectivity index (χ3v) is 4.40. The van der Waals surface area contributed by atoms with E-state index in [2.05, 4.69) is 10.0 Å². The molecule has 0 amide bonds. The molecule has 1 aliphatic heterocycles. The Morgan fingerprint density at radius 1 is 1.47 bits per heavy atom. The van der Waals surface area contributed by atoms with Gasteiger partial charge in [0.05, 0.1) is 5.60 Å². The first-order valence-corrected chi connectivity index (χ1v) is 7.16. The van der Waals surface area contributed by atoms with Gasteiger partial charge in [-0.1, -0.05) is 0 Å².